The Morgan fingerprint density at radius 1 is 0.500 bits per heavy atom. The summed E-state index contributed by atoms with van der Waals surface area (Å²) in [6.07, 6.45) is 1.52. The molecule has 0 amide bonds. The molecule has 138 valence electrons. The normalized spacial score (nSPS) is 10.7. The standard InChI is InChI=1S/C26H22O2/c27-25-6-3-4-21(18-25)16-19-8-12-22(13-9-19)23-14-10-20(11-15-23)17-24-5-1-2-7-26(24)28/h1-15,18,27-28H,16-17H2. The van der Waals surface area contributed by atoms with Crippen molar-refractivity contribution in [2.24, 2.45) is 0 Å². The summed E-state index contributed by atoms with van der Waals surface area (Å²) in [5.41, 5.74) is 6.77. The first kappa shape index (κ1) is 17.9. The van der Waals surface area contributed by atoms with E-state index in [0.717, 1.165) is 24.0 Å². The number of hydrogen-bond donors (Lipinski definition) is 2. The van der Waals surface area contributed by atoms with Crippen molar-refractivity contribution in [2.45, 2.75) is 12.8 Å². The van der Waals surface area contributed by atoms with Crippen LogP contribution in [0.5, 0.6) is 11.5 Å². The lowest BCUT2D eigenvalue weighted by atomic mass is 9.98. The van der Waals surface area contributed by atoms with Gasteiger partial charge in [-0.2, -0.15) is 0 Å². The van der Waals surface area contributed by atoms with Gasteiger partial charge in [0.05, 0.1) is 0 Å². The molecule has 0 spiro atoms. The molecule has 2 N–H and O–H groups in total. The Labute approximate surface area is 165 Å². The van der Waals surface area contributed by atoms with E-state index >= 15 is 0 Å². The van der Waals surface area contributed by atoms with E-state index in [0.29, 0.717) is 11.5 Å². The molecule has 0 aliphatic rings. The maximum atomic E-state index is 9.94. The fourth-order valence-corrected chi connectivity index (χ4v) is 3.41. The van der Waals surface area contributed by atoms with Gasteiger partial charge in [0.2, 0.25) is 0 Å². The highest BCUT2D eigenvalue weighted by Crippen LogP contribution is 2.24. The second kappa shape index (κ2) is 8.01. The fraction of sp³-hybridized carbons (Fsp3) is 0.0769. The van der Waals surface area contributed by atoms with E-state index in [2.05, 4.69) is 48.5 Å². The molecule has 2 heteroatoms. The van der Waals surface area contributed by atoms with Gasteiger partial charge in [-0.15, -0.1) is 0 Å². The van der Waals surface area contributed by atoms with Gasteiger partial charge in [-0.3, -0.25) is 0 Å². The number of hydrogen-bond acceptors (Lipinski definition) is 2. The van der Waals surface area contributed by atoms with E-state index in [9.17, 15) is 10.2 Å². The third-order valence-corrected chi connectivity index (χ3v) is 4.95. The summed E-state index contributed by atoms with van der Waals surface area (Å²) in [5.74, 6) is 0.645. The second-order valence-electron chi connectivity index (χ2n) is 7.05. The molecule has 4 aromatic carbocycles. The summed E-state index contributed by atoms with van der Waals surface area (Å²) in [7, 11) is 0. The van der Waals surface area contributed by atoms with Crippen LogP contribution in [0.2, 0.25) is 0 Å². The van der Waals surface area contributed by atoms with Crippen LogP contribution in [0.3, 0.4) is 0 Å². The van der Waals surface area contributed by atoms with Gasteiger partial charge >= 0.3 is 0 Å². The van der Waals surface area contributed by atoms with Crippen molar-refractivity contribution in [2.75, 3.05) is 0 Å². The summed E-state index contributed by atoms with van der Waals surface area (Å²) < 4.78 is 0. The van der Waals surface area contributed by atoms with Crippen LogP contribution < -0.4 is 0 Å². The summed E-state index contributed by atoms with van der Waals surface area (Å²) in [6, 6.07) is 31.9. The van der Waals surface area contributed by atoms with Gasteiger partial charge in [0.15, 0.2) is 0 Å². The highest BCUT2D eigenvalue weighted by Gasteiger charge is 2.04. The zero-order valence-corrected chi connectivity index (χ0v) is 15.5. The van der Waals surface area contributed by atoms with Crippen molar-refractivity contribution in [3.05, 3.63) is 119 Å². The molecule has 28 heavy (non-hydrogen) atoms. The third kappa shape index (κ3) is 4.24. The van der Waals surface area contributed by atoms with E-state index in [1.54, 1.807) is 18.2 Å². The Balaban J connectivity index is 1.46. The molecule has 0 saturated carbocycles. The topological polar surface area (TPSA) is 40.5 Å². The molecule has 0 aromatic heterocycles. The first-order valence-electron chi connectivity index (χ1n) is 9.40. The lowest BCUT2D eigenvalue weighted by molar-refractivity contribution is 0.469. The van der Waals surface area contributed by atoms with Crippen molar-refractivity contribution in [1.82, 2.24) is 0 Å². The average molecular weight is 366 g/mol. The molecule has 0 unspecified atom stereocenters. The predicted octanol–water partition coefficient (Wildman–Crippen LogP) is 5.95. The van der Waals surface area contributed by atoms with Crippen molar-refractivity contribution < 1.29 is 10.2 Å². The Kier molecular flexibility index (Phi) is 5.11. The van der Waals surface area contributed by atoms with Gasteiger partial charge in [0.25, 0.3) is 0 Å². The molecule has 0 atom stereocenters. The highest BCUT2D eigenvalue weighted by molar-refractivity contribution is 5.64. The van der Waals surface area contributed by atoms with Crippen LogP contribution in [0.15, 0.2) is 97.1 Å². The molecule has 4 aromatic rings. The maximum Gasteiger partial charge on any atom is 0.119 e. The third-order valence-electron chi connectivity index (χ3n) is 4.95. The molecule has 2 nitrogen and oxygen atoms in total. The molecule has 0 aliphatic heterocycles. The molecule has 0 bridgehead atoms. The van der Waals surface area contributed by atoms with Crippen LogP contribution in [0.25, 0.3) is 11.1 Å². The van der Waals surface area contributed by atoms with Crippen LogP contribution in [-0.4, -0.2) is 10.2 Å². The van der Waals surface area contributed by atoms with E-state index in [1.165, 1.54) is 22.3 Å². The van der Waals surface area contributed by atoms with Crippen molar-refractivity contribution >= 4 is 0 Å². The molecular formula is C26H22O2. The van der Waals surface area contributed by atoms with Crippen LogP contribution in [0, 0.1) is 0 Å². The highest BCUT2D eigenvalue weighted by atomic mass is 16.3. The van der Waals surface area contributed by atoms with Gasteiger partial charge < -0.3 is 10.2 Å². The summed E-state index contributed by atoms with van der Waals surface area (Å²) in [5, 5.41) is 19.5. The zero-order valence-electron chi connectivity index (χ0n) is 15.5. The Morgan fingerprint density at radius 2 is 1.11 bits per heavy atom. The fourth-order valence-electron chi connectivity index (χ4n) is 3.41. The minimum atomic E-state index is 0.304. The van der Waals surface area contributed by atoms with E-state index in [-0.39, 0.29) is 0 Å². The minimum Gasteiger partial charge on any atom is -0.508 e. The lowest BCUT2D eigenvalue weighted by Gasteiger charge is -2.08. The van der Waals surface area contributed by atoms with Crippen LogP contribution in [0.1, 0.15) is 22.3 Å². The first-order chi connectivity index (χ1) is 13.7. The summed E-state index contributed by atoms with van der Waals surface area (Å²) in [6.45, 7) is 0. The van der Waals surface area contributed by atoms with Crippen LogP contribution in [-0.2, 0) is 12.8 Å². The van der Waals surface area contributed by atoms with E-state index in [4.69, 9.17) is 0 Å². The summed E-state index contributed by atoms with van der Waals surface area (Å²) >= 11 is 0. The molecular weight excluding hydrogens is 344 g/mol. The molecule has 0 radical (unpaired) electrons. The van der Waals surface area contributed by atoms with Gasteiger partial charge in [0, 0.05) is 6.42 Å². The number of phenolic OH excluding ortho intramolecular Hbond substituents is 2. The zero-order chi connectivity index (χ0) is 19.3. The smallest absolute Gasteiger partial charge is 0.119 e. The minimum absolute atomic E-state index is 0.304. The summed E-state index contributed by atoms with van der Waals surface area (Å²) in [4.78, 5) is 0. The van der Waals surface area contributed by atoms with Gasteiger partial charge in [-0.05, 0) is 58.0 Å². The Hall–Kier alpha value is -3.52. The molecule has 0 heterocycles. The van der Waals surface area contributed by atoms with Gasteiger partial charge in [-0.1, -0.05) is 78.9 Å². The second-order valence-corrected chi connectivity index (χ2v) is 7.05. The molecule has 0 fully saturated rings. The molecule has 4 rings (SSSR count). The lowest BCUT2D eigenvalue weighted by Crippen LogP contribution is -1.90. The number of phenols is 2. The molecule has 0 aliphatic carbocycles. The van der Waals surface area contributed by atoms with Crippen molar-refractivity contribution in [3.63, 3.8) is 0 Å². The van der Waals surface area contributed by atoms with Crippen molar-refractivity contribution in [1.29, 1.82) is 0 Å². The average Bonchev–Trinajstić information content (AvgIpc) is 2.71. The van der Waals surface area contributed by atoms with E-state index < -0.39 is 0 Å². The van der Waals surface area contributed by atoms with E-state index in [1.807, 2.05) is 30.3 Å². The monoisotopic (exact) mass is 366 g/mol. The van der Waals surface area contributed by atoms with Crippen molar-refractivity contribution in [3.8, 4) is 22.6 Å². The quantitative estimate of drug-likeness (QED) is 0.458. The Morgan fingerprint density at radius 3 is 1.71 bits per heavy atom. The van der Waals surface area contributed by atoms with Gasteiger partial charge in [0.1, 0.15) is 11.5 Å². The number of aromatic hydroxyl groups is 2. The number of rotatable bonds is 5. The maximum absolute atomic E-state index is 9.94. The first-order valence-corrected chi connectivity index (χ1v) is 9.40. The Bertz CT molecular complexity index is 1060. The van der Waals surface area contributed by atoms with Crippen LogP contribution >= 0.6 is 0 Å². The number of benzene rings is 4. The predicted molar refractivity (Wildman–Crippen MR) is 114 cm³/mol. The SMILES string of the molecule is Oc1cccc(Cc2ccc(-c3ccc(Cc4ccccc4O)cc3)cc2)c1. The largest absolute Gasteiger partial charge is 0.508 e. The van der Waals surface area contributed by atoms with Gasteiger partial charge in [-0.25, -0.2) is 0 Å². The molecule has 0 saturated heterocycles. The number of para-hydroxylation sites is 1. The van der Waals surface area contributed by atoms with Crippen LogP contribution in [0.4, 0.5) is 0 Å².